The number of hydrogen-bond donors (Lipinski definition) is 2. The van der Waals surface area contributed by atoms with Gasteiger partial charge in [0.05, 0.1) is 18.1 Å². The lowest BCUT2D eigenvalue weighted by molar-refractivity contribution is -0.123. The molecule has 2 aromatic carbocycles. The van der Waals surface area contributed by atoms with Crippen molar-refractivity contribution >= 4 is 29.8 Å². The average Bonchev–Trinajstić information content (AvgIpc) is 3.32. The zero-order valence-corrected chi connectivity index (χ0v) is 18.1. The molecule has 3 rings (SSSR count). The molecule has 0 radical (unpaired) electrons. The second-order valence-corrected chi connectivity index (χ2v) is 8.05. The van der Waals surface area contributed by atoms with Crippen LogP contribution in [0.4, 0.5) is 0 Å². The molecule has 0 aromatic heterocycles. The quantitative estimate of drug-likeness (QED) is 0.414. The zero-order chi connectivity index (χ0) is 21.7. The Morgan fingerprint density at radius 2 is 1.94 bits per heavy atom. The van der Waals surface area contributed by atoms with Crippen molar-refractivity contribution in [3.05, 3.63) is 65.7 Å². The molecule has 8 heteroatoms. The number of nitrogens with zero attached hydrogens (tertiary/aromatic N) is 1. The van der Waals surface area contributed by atoms with Gasteiger partial charge in [0.25, 0.3) is 5.91 Å². The van der Waals surface area contributed by atoms with E-state index in [-0.39, 0.29) is 24.5 Å². The highest BCUT2D eigenvalue weighted by molar-refractivity contribution is 7.99. The summed E-state index contributed by atoms with van der Waals surface area (Å²) >= 11 is 1.54. The van der Waals surface area contributed by atoms with Crippen LogP contribution >= 0.6 is 11.8 Å². The van der Waals surface area contributed by atoms with Crippen LogP contribution in [0.25, 0.3) is 0 Å². The fourth-order valence-electron chi connectivity index (χ4n) is 2.93. The lowest BCUT2D eigenvalue weighted by Gasteiger charge is -2.11. The molecule has 1 heterocycles. The van der Waals surface area contributed by atoms with Gasteiger partial charge >= 0.3 is 0 Å². The van der Waals surface area contributed by atoms with Crippen molar-refractivity contribution in [3.63, 3.8) is 0 Å². The maximum absolute atomic E-state index is 11.9. The van der Waals surface area contributed by atoms with E-state index in [4.69, 9.17) is 9.47 Å². The van der Waals surface area contributed by atoms with Crippen LogP contribution in [0.5, 0.6) is 5.75 Å². The number of rotatable bonds is 11. The van der Waals surface area contributed by atoms with E-state index in [2.05, 4.69) is 15.8 Å². The molecule has 0 unspecified atom stereocenters. The molecular weight excluding hydrogens is 414 g/mol. The first kappa shape index (κ1) is 22.8. The fourth-order valence-corrected chi connectivity index (χ4v) is 3.71. The standard InChI is InChI=1S/C23H27N3O4S/c27-22(24-14-21-7-4-12-29-21)15-30-20-10-8-18(9-11-20)13-25-26-23(28)17-31-16-19-5-2-1-3-6-19/h1-3,5-6,8-11,13,21H,4,7,12,14-17H2,(H,24,27)(H,26,28)/t21-/m1/s1. The van der Waals surface area contributed by atoms with Gasteiger partial charge < -0.3 is 14.8 Å². The van der Waals surface area contributed by atoms with Crippen LogP contribution in [0.1, 0.15) is 24.0 Å². The highest BCUT2D eigenvalue weighted by atomic mass is 32.2. The fraction of sp³-hybridized carbons (Fsp3) is 0.348. The summed E-state index contributed by atoms with van der Waals surface area (Å²) in [4.78, 5) is 23.7. The van der Waals surface area contributed by atoms with Gasteiger partial charge in [-0.1, -0.05) is 30.3 Å². The summed E-state index contributed by atoms with van der Waals surface area (Å²) in [6.45, 7) is 1.24. The monoisotopic (exact) mass is 441 g/mol. The SMILES string of the molecule is O=C(COc1ccc(C=NNC(=O)CSCc2ccccc2)cc1)NC[C@H]1CCCO1. The van der Waals surface area contributed by atoms with E-state index >= 15 is 0 Å². The highest BCUT2D eigenvalue weighted by Gasteiger charge is 2.16. The molecular formula is C23H27N3O4S. The third-order valence-corrected chi connectivity index (χ3v) is 5.55. The lowest BCUT2D eigenvalue weighted by atomic mass is 10.2. The first-order valence-electron chi connectivity index (χ1n) is 10.2. The van der Waals surface area contributed by atoms with Crippen molar-refractivity contribution in [2.24, 2.45) is 5.10 Å². The van der Waals surface area contributed by atoms with Crippen LogP contribution in [-0.4, -0.2) is 49.6 Å². The number of ether oxygens (including phenoxy) is 2. The summed E-state index contributed by atoms with van der Waals surface area (Å²) in [6.07, 6.45) is 3.71. The van der Waals surface area contributed by atoms with Gasteiger partial charge in [-0.25, -0.2) is 5.43 Å². The van der Waals surface area contributed by atoms with Crippen molar-refractivity contribution in [1.82, 2.24) is 10.7 Å². The van der Waals surface area contributed by atoms with Crippen LogP contribution in [0.2, 0.25) is 0 Å². The van der Waals surface area contributed by atoms with E-state index in [1.807, 2.05) is 30.3 Å². The highest BCUT2D eigenvalue weighted by Crippen LogP contribution is 2.13. The van der Waals surface area contributed by atoms with E-state index in [9.17, 15) is 9.59 Å². The Bertz CT molecular complexity index is 853. The summed E-state index contributed by atoms with van der Waals surface area (Å²) in [6, 6.07) is 17.1. The molecule has 1 aliphatic rings. The van der Waals surface area contributed by atoms with Crippen LogP contribution < -0.4 is 15.5 Å². The molecule has 0 bridgehead atoms. The van der Waals surface area contributed by atoms with E-state index in [1.165, 1.54) is 17.3 Å². The molecule has 2 N–H and O–H groups in total. The van der Waals surface area contributed by atoms with Gasteiger partial charge in [-0.15, -0.1) is 11.8 Å². The van der Waals surface area contributed by atoms with Crippen LogP contribution in [-0.2, 0) is 20.1 Å². The van der Waals surface area contributed by atoms with E-state index < -0.39 is 0 Å². The largest absolute Gasteiger partial charge is 0.484 e. The van der Waals surface area contributed by atoms with Gasteiger partial charge in [0, 0.05) is 18.9 Å². The van der Waals surface area contributed by atoms with Crippen molar-refractivity contribution in [1.29, 1.82) is 0 Å². The maximum atomic E-state index is 11.9. The second kappa shape index (κ2) is 12.8. The van der Waals surface area contributed by atoms with Crippen molar-refractivity contribution in [2.45, 2.75) is 24.7 Å². The van der Waals surface area contributed by atoms with E-state index in [1.54, 1.807) is 30.5 Å². The van der Waals surface area contributed by atoms with Gasteiger partial charge in [-0.05, 0) is 48.2 Å². The third kappa shape index (κ3) is 8.82. The minimum Gasteiger partial charge on any atom is -0.484 e. The molecule has 1 fully saturated rings. The Hall–Kier alpha value is -2.84. The molecule has 2 aromatic rings. The van der Waals surface area contributed by atoms with Crippen molar-refractivity contribution < 1.29 is 19.1 Å². The molecule has 164 valence electrons. The molecule has 0 spiro atoms. The van der Waals surface area contributed by atoms with Crippen molar-refractivity contribution in [3.8, 4) is 5.75 Å². The molecule has 1 atom stereocenters. The molecule has 7 nitrogen and oxygen atoms in total. The number of thioether (sulfide) groups is 1. The number of hydrazone groups is 1. The van der Waals surface area contributed by atoms with Gasteiger partial charge in [0.15, 0.2) is 6.61 Å². The molecule has 2 amide bonds. The Labute approximate surface area is 186 Å². The molecule has 1 aliphatic heterocycles. The predicted octanol–water partition coefficient (Wildman–Crippen LogP) is 2.74. The van der Waals surface area contributed by atoms with E-state index in [0.717, 1.165) is 30.8 Å². The first-order chi connectivity index (χ1) is 15.2. The molecule has 0 saturated carbocycles. The van der Waals surface area contributed by atoms with Gasteiger partial charge in [0.1, 0.15) is 5.75 Å². The number of carbonyl (C=O) groups excluding carboxylic acids is 2. The number of benzene rings is 2. The number of hydrogen-bond acceptors (Lipinski definition) is 6. The van der Waals surface area contributed by atoms with E-state index in [0.29, 0.717) is 18.0 Å². The van der Waals surface area contributed by atoms with Crippen molar-refractivity contribution in [2.75, 3.05) is 25.5 Å². The number of nitrogens with one attached hydrogen (secondary N) is 2. The van der Waals surface area contributed by atoms with Crippen LogP contribution in [0.3, 0.4) is 0 Å². The Morgan fingerprint density at radius 1 is 1.13 bits per heavy atom. The average molecular weight is 442 g/mol. The summed E-state index contributed by atoms with van der Waals surface area (Å²) < 4.78 is 11.0. The third-order valence-electron chi connectivity index (χ3n) is 4.55. The first-order valence-corrected chi connectivity index (χ1v) is 11.4. The molecule has 1 saturated heterocycles. The number of amides is 2. The summed E-state index contributed by atoms with van der Waals surface area (Å²) in [5, 5.41) is 6.79. The normalized spacial score (nSPS) is 15.7. The minimum atomic E-state index is -0.172. The maximum Gasteiger partial charge on any atom is 0.258 e. The zero-order valence-electron chi connectivity index (χ0n) is 17.3. The van der Waals surface area contributed by atoms with Gasteiger partial charge in [0.2, 0.25) is 5.91 Å². The van der Waals surface area contributed by atoms with Crippen LogP contribution in [0, 0.1) is 0 Å². The topological polar surface area (TPSA) is 89.0 Å². The van der Waals surface area contributed by atoms with Gasteiger partial charge in [-0.3, -0.25) is 9.59 Å². The Balaban J connectivity index is 1.30. The molecule has 0 aliphatic carbocycles. The second-order valence-electron chi connectivity index (χ2n) is 7.07. The Kier molecular flexibility index (Phi) is 9.40. The summed E-state index contributed by atoms with van der Waals surface area (Å²) in [5.74, 6) is 1.39. The van der Waals surface area contributed by atoms with Crippen LogP contribution in [0.15, 0.2) is 59.7 Å². The predicted molar refractivity (Wildman–Crippen MR) is 122 cm³/mol. The number of carbonyl (C=O) groups is 2. The summed E-state index contributed by atoms with van der Waals surface area (Å²) in [5.41, 5.74) is 4.52. The van der Waals surface area contributed by atoms with Gasteiger partial charge in [-0.2, -0.15) is 5.10 Å². The smallest absolute Gasteiger partial charge is 0.258 e. The minimum absolute atomic E-state index is 0.0448. The molecule has 31 heavy (non-hydrogen) atoms. The summed E-state index contributed by atoms with van der Waals surface area (Å²) in [7, 11) is 0. The Morgan fingerprint density at radius 3 is 2.68 bits per heavy atom. The lowest BCUT2D eigenvalue weighted by Crippen LogP contribution is -2.35.